The number of aromatic nitrogens is 4. The van der Waals surface area contributed by atoms with E-state index in [0.29, 0.717) is 37.8 Å². The molecule has 0 aromatic carbocycles. The lowest BCUT2D eigenvalue weighted by atomic mass is 10.4. The lowest BCUT2D eigenvalue weighted by Gasteiger charge is -2.16. The van der Waals surface area contributed by atoms with Crippen molar-refractivity contribution < 1.29 is 26.4 Å². The zero-order valence-electron chi connectivity index (χ0n) is 23.1. The van der Waals surface area contributed by atoms with Crippen LogP contribution in [0.2, 0.25) is 8.67 Å². The smallest absolute Gasteiger partial charge is 0.309 e. The van der Waals surface area contributed by atoms with Gasteiger partial charge in [-0.3, -0.25) is 0 Å². The van der Waals surface area contributed by atoms with Crippen molar-refractivity contribution in [2.45, 2.75) is 28.2 Å². The summed E-state index contributed by atoms with van der Waals surface area (Å²) < 4.78 is 60.7. The van der Waals surface area contributed by atoms with Crippen LogP contribution in [0.25, 0.3) is 27.2 Å². The Hall–Kier alpha value is -2.57. The third-order valence-electron chi connectivity index (χ3n) is 5.32. The van der Waals surface area contributed by atoms with Crippen molar-refractivity contribution in [3.63, 3.8) is 0 Å². The van der Waals surface area contributed by atoms with Gasteiger partial charge in [-0.15, -0.1) is 22.7 Å². The van der Waals surface area contributed by atoms with Crippen molar-refractivity contribution in [1.82, 2.24) is 26.5 Å². The molecule has 0 radical (unpaired) electrons. The molecule has 0 aliphatic heterocycles. The highest BCUT2D eigenvalue weighted by Gasteiger charge is 2.26. The molecule has 4 rings (SSSR count). The average Bonchev–Trinajstić information content (AvgIpc) is 3.71. The molecule has 0 saturated carbocycles. The highest BCUT2D eigenvalue weighted by molar-refractivity contribution is 7.88. The van der Waals surface area contributed by atoms with Gasteiger partial charge in [-0.2, -0.15) is 25.4 Å². The Kier molecular flexibility index (Phi) is 14.9. The fourth-order valence-corrected chi connectivity index (χ4v) is 7.69. The summed E-state index contributed by atoms with van der Waals surface area (Å²) in [7, 11) is -1.71. The van der Waals surface area contributed by atoms with Crippen LogP contribution in [0.1, 0.15) is 33.4 Å². The maximum Gasteiger partial charge on any atom is 0.309 e. The second-order valence-electron chi connectivity index (χ2n) is 8.51. The number of halogens is 2. The molecule has 4 heterocycles. The third-order valence-corrected chi connectivity index (χ3v) is 11.4. The summed E-state index contributed by atoms with van der Waals surface area (Å²) in [6, 6.07) is 6.88. The van der Waals surface area contributed by atoms with Gasteiger partial charge >= 0.3 is 20.4 Å². The third kappa shape index (κ3) is 8.78. The predicted molar refractivity (Wildman–Crippen MR) is 181 cm³/mol. The molecule has 244 valence electrons. The van der Waals surface area contributed by atoms with Crippen molar-refractivity contribution in [2.75, 3.05) is 34.8 Å². The Morgan fingerprint density at radius 3 is 1.75 bits per heavy atom. The van der Waals surface area contributed by atoms with Gasteiger partial charge in [-0.1, -0.05) is 38.1 Å². The first-order valence-corrected chi connectivity index (χ1v) is 17.2. The van der Waals surface area contributed by atoms with E-state index in [9.17, 15) is 21.6 Å². The molecule has 0 bridgehead atoms. The maximum absolute atomic E-state index is 12.6. The molecule has 0 aliphatic rings. The van der Waals surface area contributed by atoms with Gasteiger partial charge in [0.2, 0.25) is 0 Å². The largest absolute Gasteiger partial charge is 0.501 e. The van der Waals surface area contributed by atoms with E-state index in [-0.39, 0.29) is 32.9 Å². The number of ether oxygens (including phenoxy) is 1. The minimum Gasteiger partial charge on any atom is -0.501 e. The number of carbonyl (C=O) groups is 1. The number of carbonyl (C=O) groups excluding carboxylic acids is 1. The number of hydrogen-bond acceptors (Lipinski definition) is 10. The Bertz CT molecular complexity index is 1770. The van der Waals surface area contributed by atoms with E-state index < -0.39 is 20.4 Å². The molecule has 12 nitrogen and oxygen atoms in total. The molecular formula is C26H36Cl2N6O6S4. The zero-order valence-corrected chi connectivity index (χ0v) is 27.9. The van der Waals surface area contributed by atoms with E-state index >= 15 is 0 Å². The Morgan fingerprint density at radius 1 is 0.841 bits per heavy atom. The van der Waals surface area contributed by atoms with Crippen molar-refractivity contribution in [3.8, 4) is 21.1 Å². The molecule has 0 unspecified atom stereocenters. The molecular weight excluding hydrogens is 691 g/mol. The molecule has 0 aliphatic carbocycles. The standard InChI is InChI=1S/C13H16ClN3O3S2.C11H12ClN3O3S2.2CH4/c1-4-20-8-7-13-15-9-10(11-5-6-12(14)21-11)17(13)22(18,19)16(2)3;1-14(2)20(17,18)15-8(7-13-11(15)5-6-16)9-3-4-10(12)19-9;;/h5-9H,4H2,1-3H3;3-4,6-7H,5H2,1-2H3;2*1H4/b8-7+;;;. The fourth-order valence-electron chi connectivity index (χ4n) is 3.32. The average molecular weight is 728 g/mol. The van der Waals surface area contributed by atoms with Crippen LogP contribution in [0.3, 0.4) is 0 Å². The summed E-state index contributed by atoms with van der Waals surface area (Å²) in [5.41, 5.74) is 0.856. The van der Waals surface area contributed by atoms with Gasteiger partial charge in [0.05, 0.1) is 61.5 Å². The Labute approximate surface area is 277 Å². The van der Waals surface area contributed by atoms with Crippen LogP contribution in [0.15, 0.2) is 42.9 Å². The summed E-state index contributed by atoms with van der Waals surface area (Å²) in [6.07, 6.45) is 6.43. The van der Waals surface area contributed by atoms with E-state index in [1.54, 1.807) is 24.3 Å². The molecule has 0 saturated heterocycles. The zero-order chi connectivity index (χ0) is 31.2. The van der Waals surface area contributed by atoms with Crippen LogP contribution < -0.4 is 0 Å². The molecule has 0 amide bonds. The highest BCUT2D eigenvalue weighted by atomic mass is 35.5. The maximum atomic E-state index is 12.6. The molecule has 18 heteroatoms. The monoisotopic (exact) mass is 726 g/mol. The van der Waals surface area contributed by atoms with Gasteiger partial charge in [0.25, 0.3) is 0 Å². The van der Waals surface area contributed by atoms with Crippen LogP contribution in [0.5, 0.6) is 0 Å². The number of nitrogens with zero attached hydrogens (tertiary/aromatic N) is 6. The van der Waals surface area contributed by atoms with Crippen molar-refractivity contribution >= 4 is 78.7 Å². The summed E-state index contributed by atoms with van der Waals surface area (Å²) in [6.45, 7) is 2.33. The van der Waals surface area contributed by atoms with E-state index in [0.717, 1.165) is 17.5 Å². The summed E-state index contributed by atoms with van der Waals surface area (Å²) >= 11 is 14.4. The molecule has 0 N–H and O–H groups in total. The van der Waals surface area contributed by atoms with Crippen LogP contribution in [0, 0.1) is 0 Å². The Balaban J connectivity index is 0.000000422. The minimum absolute atomic E-state index is 0. The van der Waals surface area contributed by atoms with Gasteiger partial charge < -0.3 is 9.53 Å². The number of imidazole rings is 2. The highest BCUT2D eigenvalue weighted by Crippen LogP contribution is 2.34. The van der Waals surface area contributed by atoms with Crippen LogP contribution >= 0.6 is 45.9 Å². The number of rotatable bonds is 11. The number of thiophene rings is 2. The summed E-state index contributed by atoms with van der Waals surface area (Å²) in [4.78, 5) is 20.3. The van der Waals surface area contributed by atoms with Gasteiger partial charge in [0, 0.05) is 34.3 Å². The van der Waals surface area contributed by atoms with E-state index in [2.05, 4.69) is 9.97 Å². The molecule has 4 aromatic heterocycles. The fraction of sp³-hybridized carbons (Fsp3) is 0.346. The van der Waals surface area contributed by atoms with Crippen molar-refractivity contribution in [1.29, 1.82) is 0 Å². The molecule has 44 heavy (non-hydrogen) atoms. The van der Waals surface area contributed by atoms with Crippen molar-refractivity contribution in [2.24, 2.45) is 0 Å². The molecule has 0 spiro atoms. The second-order valence-corrected chi connectivity index (χ2v) is 15.9. The van der Waals surface area contributed by atoms with E-state index in [1.165, 1.54) is 79.6 Å². The quantitative estimate of drug-likeness (QED) is 0.139. The first-order chi connectivity index (χ1) is 19.7. The topological polar surface area (TPSA) is 137 Å². The lowest BCUT2D eigenvalue weighted by Crippen LogP contribution is -2.30. The van der Waals surface area contributed by atoms with Gasteiger partial charge in [0.1, 0.15) is 12.1 Å². The number of hydrogen-bond donors (Lipinski definition) is 0. The van der Waals surface area contributed by atoms with Gasteiger partial charge in [0.15, 0.2) is 5.82 Å². The number of aldehydes is 1. The summed E-state index contributed by atoms with van der Waals surface area (Å²) in [5.74, 6) is 0.440. The van der Waals surface area contributed by atoms with E-state index in [4.69, 9.17) is 27.9 Å². The summed E-state index contributed by atoms with van der Waals surface area (Å²) in [5, 5.41) is 0. The van der Waals surface area contributed by atoms with Gasteiger partial charge in [-0.25, -0.2) is 17.9 Å². The first kappa shape index (κ1) is 39.5. The van der Waals surface area contributed by atoms with E-state index in [1.807, 2.05) is 6.92 Å². The van der Waals surface area contributed by atoms with Crippen LogP contribution in [-0.4, -0.2) is 84.4 Å². The van der Waals surface area contributed by atoms with Crippen LogP contribution in [0.4, 0.5) is 0 Å². The second kappa shape index (κ2) is 16.7. The van der Waals surface area contributed by atoms with Crippen molar-refractivity contribution in [3.05, 3.63) is 63.2 Å². The SMILES string of the molecule is C.C.CCO/C=C/c1ncc(-c2ccc(Cl)s2)n1S(=O)(=O)N(C)C.CN(C)S(=O)(=O)n1c(-c2ccc(Cl)s2)cnc1CC=O. The minimum atomic E-state index is -3.76. The Morgan fingerprint density at radius 2 is 1.32 bits per heavy atom. The lowest BCUT2D eigenvalue weighted by molar-refractivity contribution is -0.107. The molecule has 4 aromatic rings. The van der Waals surface area contributed by atoms with Crippen LogP contribution in [-0.2, 0) is 36.4 Å². The predicted octanol–water partition coefficient (Wildman–Crippen LogP) is 5.86. The molecule has 0 atom stereocenters. The molecule has 0 fully saturated rings. The normalized spacial score (nSPS) is 11.7. The van der Waals surface area contributed by atoms with Gasteiger partial charge in [-0.05, 0) is 31.2 Å². The first-order valence-electron chi connectivity index (χ1n) is 12.0.